The zero-order valence-corrected chi connectivity index (χ0v) is 12.2. The first-order valence-corrected chi connectivity index (χ1v) is 7.20. The van der Waals surface area contributed by atoms with Crippen LogP contribution in [0, 0.1) is 0 Å². The minimum atomic E-state index is -1.50. The van der Waals surface area contributed by atoms with E-state index in [0.717, 1.165) is 10.9 Å². The van der Waals surface area contributed by atoms with Crippen molar-refractivity contribution >= 4 is 34.0 Å². The topological polar surface area (TPSA) is 71.5 Å². The number of aliphatic hydroxyl groups is 1. The third-order valence-corrected chi connectivity index (χ3v) is 4.23. The van der Waals surface area contributed by atoms with Crippen LogP contribution >= 0.6 is 11.6 Å². The van der Waals surface area contributed by atoms with Gasteiger partial charge in [0.05, 0.1) is 11.2 Å². The summed E-state index contributed by atoms with van der Waals surface area (Å²) in [4.78, 5) is 8.62. The Balaban J connectivity index is 2.07. The Morgan fingerprint density at radius 1 is 1.05 bits per heavy atom. The fourth-order valence-electron chi connectivity index (χ4n) is 2.94. The number of nitrogens with two attached hydrogens (primary N) is 1. The molecule has 0 saturated heterocycles. The van der Waals surface area contributed by atoms with E-state index in [1.165, 1.54) is 0 Å². The number of hydrogen-bond acceptors (Lipinski definition) is 4. The zero-order valence-electron chi connectivity index (χ0n) is 11.5. The summed E-state index contributed by atoms with van der Waals surface area (Å²) in [6, 6.07) is 14.6. The van der Waals surface area contributed by atoms with Crippen LogP contribution in [0.15, 0.2) is 59.7 Å². The molecule has 1 unspecified atom stereocenters. The van der Waals surface area contributed by atoms with Crippen molar-refractivity contribution in [2.24, 2.45) is 10.7 Å². The second-order valence-electron chi connectivity index (χ2n) is 5.24. The molecular formula is C17H12ClN3O. The molecule has 3 N–H and O–H groups in total. The van der Waals surface area contributed by atoms with E-state index in [2.05, 4.69) is 9.98 Å². The highest BCUT2D eigenvalue weighted by Gasteiger charge is 2.43. The van der Waals surface area contributed by atoms with Gasteiger partial charge in [0.15, 0.2) is 5.60 Å². The summed E-state index contributed by atoms with van der Waals surface area (Å²) in [6.07, 6.45) is 1.66. The smallest absolute Gasteiger partial charge is 0.175 e. The molecule has 2 aromatic carbocycles. The average Bonchev–Trinajstić information content (AvgIpc) is 2.79. The van der Waals surface area contributed by atoms with Gasteiger partial charge in [-0.25, -0.2) is 4.99 Å². The maximum Gasteiger partial charge on any atom is 0.175 e. The minimum absolute atomic E-state index is 0.140. The number of fused-ring (bicyclic) bond motifs is 2. The molecule has 0 bridgehead atoms. The van der Waals surface area contributed by atoms with Gasteiger partial charge in [-0.15, -0.1) is 0 Å². The van der Waals surface area contributed by atoms with Crippen LogP contribution in [0.2, 0.25) is 5.02 Å². The van der Waals surface area contributed by atoms with Gasteiger partial charge in [0, 0.05) is 27.7 Å². The second kappa shape index (κ2) is 4.53. The number of benzene rings is 2. The van der Waals surface area contributed by atoms with Crippen molar-refractivity contribution in [1.29, 1.82) is 0 Å². The molecule has 1 atom stereocenters. The monoisotopic (exact) mass is 309 g/mol. The van der Waals surface area contributed by atoms with E-state index in [1.807, 2.05) is 24.3 Å². The quantitative estimate of drug-likeness (QED) is 0.725. The number of pyridine rings is 1. The third-order valence-electron chi connectivity index (χ3n) is 4.00. The Bertz CT molecular complexity index is 933. The van der Waals surface area contributed by atoms with E-state index in [9.17, 15) is 5.11 Å². The summed E-state index contributed by atoms with van der Waals surface area (Å²) in [5.41, 5.74) is 7.24. The average molecular weight is 310 g/mol. The number of para-hydroxylation sites is 1. The predicted octanol–water partition coefficient (Wildman–Crippen LogP) is 3.13. The Kier molecular flexibility index (Phi) is 2.73. The highest BCUT2D eigenvalue weighted by Crippen LogP contribution is 2.44. The van der Waals surface area contributed by atoms with Gasteiger partial charge in [-0.1, -0.05) is 29.8 Å². The summed E-state index contributed by atoms with van der Waals surface area (Å²) in [5.74, 6) is 0.140. The van der Waals surface area contributed by atoms with Crippen molar-refractivity contribution in [3.8, 4) is 0 Å². The van der Waals surface area contributed by atoms with E-state index in [0.29, 0.717) is 21.8 Å². The second-order valence-corrected chi connectivity index (χ2v) is 5.68. The van der Waals surface area contributed by atoms with Crippen LogP contribution in [-0.4, -0.2) is 15.9 Å². The van der Waals surface area contributed by atoms with Crippen LogP contribution in [0.5, 0.6) is 0 Å². The first kappa shape index (κ1) is 13.2. The summed E-state index contributed by atoms with van der Waals surface area (Å²) in [6.45, 7) is 0. The van der Waals surface area contributed by atoms with E-state index in [4.69, 9.17) is 17.3 Å². The summed E-state index contributed by atoms with van der Waals surface area (Å²) in [5, 5.41) is 12.7. The van der Waals surface area contributed by atoms with Crippen molar-refractivity contribution in [1.82, 2.24) is 4.98 Å². The van der Waals surface area contributed by atoms with Crippen LogP contribution in [0.1, 0.15) is 11.1 Å². The van der Waals surface area contributed by atoms with Gasteiger partial charge >= 0.3 is 0 Å². The fourth-order valence-corrected chi connectivity index (χ4v) is 3.11. The molecule has 22 heavy (non-hydrogen) atoms. The molecule has 2 heterocycles. The van der Waals surface area contributed by atoms with E-state index in [-0.39, 0.29) is 5.84 Å². The molecule has 0 saturated carbocycles. The number of rotatable bonds is 1. The molecule has 1 aliphatic heterocycles. The van der Waals surface area contributed by atoms with E-state index >= 15 is 0 Å². The van der Waals surface area contributed by atoms with Crippen molar-refractivity contribution in [2.45, 2.75) is 5.60 Å². The maximum absolute atomic E-state index is 11.4. The molecule has 108 valence electrons. The Labute approximate surface area is 131 Å². The fraction of sp³-hybridized carbons (Fsp3) is 0.0588. The minimum Gasteiger partial charge on any atom is -0.384 e. The lowest BCUT2D eigenvalue weighted by atomic mass is 9.84. The van der Waals surface area contributed by atoms with Crippen LogP contribution in [0.3, 0.4) is 0 Å². The van der Waals surface area contributed by atoms with Crippen molar-refractivity contribution < 1.29 is 5.11 Å². The van der Waals surface area contributed by atoms with Crippen LogP contribution < -0.4 is 5.73 Å². The SMILES string of the molecule is NC1=Nc2ccc(Cl)cc2C1(O)c1ccnc2ccccc12. The van der Waals surface area contributed by atoms with Gasteiger partial charge < -0.3 is 10.8 Å². The molecular weight excluding hydrogens is 298 g/mol. The number of halogens is 1. The Hall–Kier alpha value is -2.43. The first-order valence-electron chi connectivity index (χ1n) is 6.82. The zero-order chi connectivity index (χ0) is 15.3. The van der Waals surface area contributed by atoms with Crippen LogP contribution in [0.25, 0.3) is 10.9 Å². The lowest BCUT2D eigenvalue weighted by Gasteiger charge is -2.26. The van der Waals surface area contributed by atoms with Gasteiger partial charge in [-0.2, -0.15) is 0 Å². The molecule has 0 aliphatic carbocycles. The molecule has 5 heteroatoms. The number of hydrogen-bond donors (Lipinski definition) is 2. The van der Waals surface area contributed by atoms with Crippen molar-refractivity contribution in [3.05, 3.63) is 70.9 Å². The Morgan fingerprint density at radius 3 is 2.73 bits per heavy atom. The molecule has 1 aliphatic rings. The number of aliphatic imine (C=N–C) groups is 1. The third kappa shape index (κ3) is 1.68. The summed E-state index contributed by atoms with van der Waals surface area (Å²) >= 11 is 6.09. The van der Waals surface area contributed by atoms with Crippen LogP contribution in [0.4, 0.5) is 5.69 Å². The molecule has 0 amide bonds. The van der Waals surface area contributed by atoms with E-state index in [1.54, 1.807) is 30.5 Å². The maximum atomic E-state index is 11.4. The van der Waals surface area contributed by atoms with Gasteiger partial charge in [-0.3, -0.25) is 4.98 Å². The number of amidine groups is 1. The Morgan fingerprint density at radius 2 is 1.86 bits per heavy atom. The molecule has 0 radical (unpaired) electrons. The molecule has 4 nitrogen and oxygen atoms in total. The molecule has 4 rings (SSSR count). The summed E-state index contributed by atoms with van der Waals surface area (Å²) < 4.78 is 0. The molecule has 1 aromatic heterocycles. The molecule has 0 spiro atoms. The number of aromatic nitrogens is 1. The highest BCUT2D eigenvalue weighted by atomic mass is 35.5. The standard InChI is InChI=1S/C17H12ClN3O/c18-10-5-6-15-13(9-10)17(22,16(19)21-15)12-7-8-20-14-4-2-1-3-11(12)14/h1-9,22H,(H2,19,21). The van der Waals surface area contributed by atoms with E-state index < -0.39 is 5.60 Å². The molecule has 3 aromatic rings. The predicted molar refractivity (Wildman–Crippen MR) is 87.5 cm³/mol. The van der Waals surface area contributed by atoms with Crippen molar-refractivity contribution in [2.75, 3.05) is 0 Å². The summed E-state index contributed by atoms with van der Waals surface area (Å²) in [7, 11) is 0. The number of nitrogens with zero attached hydrogens (tertiary/aromatic N) is 2. The highest BCUT2D eigenvalue weighted by molar-refractivity contribution is 6.30. The largest absolute Gasteiger partial charge is 0.384 e. The lowest BCUT2D eigenvalue weighted by molar-refractivity contribution is 0.160. The van der Waals surface area contributed by atoms with Gasteiger partial charge in [0.25, 0.3) is 0 Å². The van der Waals surface area contributed by atoms with Crippen LogP contribution in [-0.2, 0) is 5.60 Å². The normalized spacial score (nSPS) is 20.0. The van der Waals surface area contributed by atoms with Gasteiger partial charge in [-0.05, 0) is 30.3 Å². The first-order chi connectivity index (χ1) is 10.6. The lowest BCUT2D eigenvalue weighted by Crippen LogP contribution is -2.39. The van der Waals surface area contributed by atoms with Gasteiger partial charge in [0.1, 0.15) is 5.84 Å². The van der Waals surface area contributed by atoms with Crippen molar-refractivity contribution in [3.63, 3.8) is 0 Å². The van der Waals surface area contributed by atoms with Gasteiger partial charge in [0.2, 0.25) is 0 Å². The molecule has 0 fully saturated rings.